The van der Waals surface area contributed by atoms with Gasteiger partial charge >= 0.3 is 0 Å². The standard InChI is InChI=1S/C12H16FNO2/c1-8-4-10(5-9(2)12(8)13)6-14-11(15)7-16-3/h4-5H,6-7H2,1-3H3,(H,14,15). The maximum atomic E-state index is 13.3. The molecular weight excluding hydrogens is 209 g/mol. The van der Waals surface area contributed by atoms with E-state index in [1.807, 2.05) is 0 Å². The number of nitrogens with one attached hydrogen (secondary N) is 1. The Morgan fingerprint density at radius 2 is 1.94 bits per heavy atom. The summed E-state index contributed by atoms with van der Waals surface area (Å²) in [6.45, 7) is 3.86. The fraction of sp³-hybridized carbons (Fsp3) is 0.417. The van der Waals surface area contributed by atoms with Gasteiger partial charge in [-0.05, 0) is 30.5 Å². The first-order valence-electron chi connectivity index (χ1n) is 5.06. The van der Waals surface area contributed by atoms with Crippen molar-refractivity contribution in [2.24, 2.45) is 0 Å². The van der Waals surface area contributed by atoms with Crippen molar-refractivity contribution in [1.29, 1.82) is 0 Å². The Hall–Kier alpha value is -1.42. The first-order valence-corrected chi connectivity index (χ1v) is 5.06. The zero-order valence-electron chi connectivity index (χ0n) is 9.76. The molecule has 1 rings (SSSR count). The predicted octanol–water partition coefficient (Wildman–Crippen LogP) is 1.71. The molecule has 0 bridgehead atoms. The molecule has 0 spiro atoms. The molecule has 1 N–H and O–H groups in total. The molecule has 0 saturated heterocycles. The minimum absolute atomic E-state index is 0.0408. The van der Waals surface area contributed by atoms with Gasteiger partial charge in [0.2, 0.25) is 5.91 Å². The van der Waals surface area contributed by atoms with Gasteiger partial charge in [0, 0.05) is 13.7 Å². The van der Waals surface area contributed by atoms with Crippen molar-refractivity contribution in [3.8, 4) is 0 Å². The molecule has 1 aromatic carbocycles. The fourth-order valence-electron chi connectivity index (χ4n) is 1.52. The normalized spacial score (nSPS) is 10.2. The van der Waals surface area contributed by atoms with E-state index in [-0.39, 0.29) is 18.3 Å². The Balaban J connectivity index is 2.65. The molecular formula is C12H16FNO2. The molecule has 16 heavy (non-hydrogen) atoms. The van der Waals surface area contributed by atoms with Crippen molar-refractivity contribution >= 4 is 5.91 Å². The summed E-state index contributed by atoms with van der Waals surface area (Å²) in [6, 6.07) is 3.46. The number of halogens is 1. The van der Waals surface area contributed by atoms with Crippen molar-refractivity contribution in [2.75, 3.05) is 13.7 Å². The van der Waals surface area contributed by atoms with E-state index in [9.17, 15) is 9.18 Å². The van der Waals surface area contributed by atoms with Crippen molar-refractivity contribution in [2.45, 2.75) is 20.4 Å². The lowest BCUT2D eigenvalue weighted by atomic mass is 10.1. The third-order valence-corrected chi connectivity index (χ3v) is 2.26. The molecule has 1 amide bonds. The summed E-state index contributed by atoms with van der Waals surface area (Å²) in [5.41, 5.74) is 2.08. The molecule has 0 heterocycles. The van der Waals surface area contributed by atoms with E-state index < -0.39 is 0 Å². The number of ether oxygens (including phenoxy) is 1. The average molecular weight is 225 g/mol. The molecule has 0 aliphatic heterocycles. The maximum absolute atomic E-state index is 13.3. The molecule has 0 fully saturated rings. The third-order valence-electron chi connectivity index (χ3n) is 2.26. The van der Waals surface area contributed by atoms with Crippen LogP contribution in [0.25, 0.3) is 0 Å². The topological polar surface area (TPSA) is 38.3 Å². The van der Waals surface area contributed by atoms with Gasteiger partial charge in [-0.15, -0.1) is 0 Å². The van der Waals surface area contributed by atoms with Gasteiger partial charge in [-0.25, -0.2) is 4.39 Å². The molecule has 0 aromatic heterocycles. The highest BCUT2D eigenvalue weighted by Crippen LogP contribution is 2.14. The van der Waals surface area contributed by atoms with Crippen molar-refractivity contribution in [3.05, 3.63) is 34.6 Å². The number of amides is 1. The van der Waals surface area contributed by atoms with Crippen molar-refractivity contribution in [1.82, 2.24) is 5.32 Å². The van der Waals surface area contributed by atoms with Gasteiger partial charge in [0.05, 0.1) is 0 Å². The van der Waals surface area contributed by atoms with Gasteiger partial charge < -0.3 is 10.1 Å². The molecule has 0 aliphatic carbocycles. The van der Waals surface area contributed by atoms with Crippen LogP contribution in [0.1, 0.15) is 16.7 Å². The molecule has 0 aliphatic rings. The first kappa shape index (κ1) is 12.6. The minimum atomic E-state index is -0.188. The summed E-state index contributed by atoms with van der Waals surface area (Å²) in [6.07, 6.45) is 0. The molecule has 0 radical (unpaired) electrons. The van der Waals surface area contributed by atoms with Crippen LogP contribution in [0.4, 0.5) is 4.39 Å². The van der Waals surface area contributed by atoms with Gasteiger partial charge in [0.15, 0.2) is 0 Å². The van der Waals surface area contributed by atoms with Gasteiger partial charge in [0.1, 0.15) is 12.4 Å². The van der Waals surface area contributed by atoms with E-state index in [0.29, 0.717) is 17.7 Å². The quantitative estimate of drug-likeness (QED) is 0.847. The maximum Gasteiger partial charge on any atom is 0.246 e. The number of hydrogen-bond acceptors (Lipinski definition) is 2. The molecule has 0 unspecified atom stereocenters. The SMILES string of the molecule is COCC(=O)NCc1cc(C)c(F)c(C)c1. The summed E-state index contributed by atoms with van der Waals surface area (Å²) in [4.78, 5) is 11.1. The van der Waals surface area contributed by atoms with Crippen molar-refractivity contribution in [3.63, 3.8) is 0 Å². The van der Waals surface area contributed by atoms with Gasteiger partial charge in [-0.1, -0.05) is 12.1 Å². The summed E-state index contributed by atoms with van der Waals surface area (Å²) >= 11 is 0. The van der Waals surface area contributed by atoms with Crippen LogP contribution in [-0.4, -0.2) is 19.6 Å². The van der Waals surface area contributed by atoms with Gasteiger partial charge in [-0.3, -0.25) is 4.79 Å². The minimum Gasteiger partial charge on any atom is -0.375 e. The predicted molar refractivity (Wildman–Crippen MR) is 59.6 cm³/mol. The second kappa shape index (κ2) is 5.61. The van der Waals surface area contributed by atoms with Gasteiger partial charge in [-0.2, -0.15) is 0 Å². The molecule has 88 valence electrons. The zero-order valence-corrected chi connectivity index (χ0v) is 9.76. The highest BCUT2D eigenvalue weighted by Gasteiger charge is 2.05. The number of carbonyl (C=O) groups excluding carboxylic acids is 1. The van der Waals surface area contributed by atoms with Crippen LogP contribution in [-0.2, 0) is 16.1 Å². The molecule has 0 saturated carbocycles. The summed E-state index contributed by atoms with van der Waals surface area (Å²) in [5.74, 6) is -0.367. The Bertz CT molecular complexity index is 368. The van der Waals surface area contributed by atoms with E-state index in [2.05, 4.69) is 10.1 Å². The second-order valence-electron chi connectivity index (χ2n) is 3.75. The Morgan fingerprint density at radius 3 is 2.44 bits per heavy atom. The smallest absolute Gasteiger partial charge is 0.246 e. The Kier molecular flexibility index (Phi) is 4.43. The molecule has 3 nitrogen and oxygen atoms in total. The Morgan fingerprint density at radius 1 is 1.38 bits per heavy atom. The van der Waals surface area contributed by atoms with E-state index >= 15 is 0 Å². The fourth-order valence-corrected chi connectivity index (χ4v) is 1.52. The highest BCUT2D eigenvalue weighted by atomic mass is 19.1. The average Bonchev–Trinajstić information content (AvgIpc) is 2.23. The van der Waals surface area contributed by atoms with E-state index in [1.165, 1.54) is 7.11 Å². The zero-order chi connectivity index (χ0) is 12.1. The number of methoxy groups -OCH3 is 1. The number of aryl methyl sites for hydroxylation is 2. The van der Waals surface area contributed by atoms with E-state index in [0.717, 1.165) is 5.56 Å². The second-order valence-corrected chi connectivity index (χ2v) is 3.75. The molecule has 0 atom stereocenters. The monoisotopic (exact) mass is 225 g/mol. The highest BCUT2D eigenvalue weighted by molar-refractivity contribution is 5.77. The van der Waals surface area contributed by atoms with Crippen LogP contribution in [0.15, 0.2) is 12.1 Å². The third kappa shape index (κ3) is 3.31. The van der Waals surface area contributed by atoms with Crippen LogP contribution in [0.5, 0.6) is 0 Å². The van der Waals surface area contributed by atoms with Crippen LogP contribution in [0, 0.1) is 19.7 Å². The van der Waals surface area contributed by atoms with Crippen LogP contribution >= 0.6 is 0 Å². The van der Waals surface area contributed by atoms with Crippen LogP contribution in [0.2, 0.25) is 0 Å². The summed E-state index contributed by atoms with van der Waals surface area (Å²) in [5, 5.41) is 2.69. The lowest BCUT2D eigenvalue weighted by molar-refractivity contribution is -0.124. The van der Waals surface area contributed by atoms with E-state index in [1.54, 1.807) is 26.0 Å². The lowest BCUT2D eigenvalue weighted by Crippen LogP contribution is -2.26. The van der Waals surface area contributed by atoms with E-state index in [4.69, 9.17) is 0 Å². The van der Waals surface area contributed by atoms with Crippen LogP contribution < -0.4 is 5.32 Å². The number of carbonyl (C=O) groups is 1. The van der Waals surface area contributed by atoms with Crippen molar-refractivity contribution < 1.29 is 13.9 Å². The first-order chi connectivity index (χ1) is 7.54. The summed E-state index contributed by atoms with van der Waals surface area (Å²) in [7, 11) is 1.46. The van der Waals surface area contributed by atoms with Crippen LogP contribution in [0.3, 0.4) is 0 Å². The van der Waals surface area contributed by atoms with Gasteiger partial charge in [0.25, 0.3) is 0 Å². The number of hydrogen-bond donors (Lipinski definition) is 1. The molecule has 4 heteroatoms. The summed E-state index contributed by atoms with van der Waals surface area (Å²) < 4.78 is 18.0. The number of benzene rings is 1. The Labute approximate surface area is 94.6 Å². The molecule has 1 aromatic rings. The number of rotatable bonds is 4. The largest absolute Gasteiger partial charge is 0.375 e. The lowest BCUT2D eigenvalue weighted by Gasteiger charge is -2.08.